The standard InChI is InChI=1S/C7H12F3O/c1-6(2)11-5-3-4-7(8,9)10/h4,6H,3,5H2,1-2H3. The molecule has 67 valence electrons. The molecular formula is C7H12F3O. The van der Waals surface area contributed by atoms with Crippen molar-refractivity contribution in [3.05, 3.63) is 6.42 Å². The van der Waals surface area contributed by atoms with Gasteiger partial charge in [0.25, 0.3) is 0 Å². The summed E-state index contributed by atoms with van der Waals surface area (Å²) in [6.07, 6.45) is -3.94. The quantitative estimate of drug-likeness (QED) is 0.587. The minimum absolute atomic E-state index is 0.00312. The molecule has 0 rings (SSSR count). The first-order valence-corrected chi connectivity index (χ1v) is 3.44. The largest absolute Gasteiger partial charge is 0.392 e. The summed E-state index contributed by atoms with van der Waals surface area (Å²) in [5.74, 6) is 0. The molecule has 0 saturated carbocycles. The van der Waals surface area contributed by atoms with Crippen molar-refractivity contribution in [2.75, 3.05) is 6.61 Å². The summed E-state index contributed by atoms with van der Waals surface area (Å²) < 4.78 is 39.3. The van der Waals surface area contributed by atoms with Gasteiger partial charge in [0.1, 0.15) is 0 Å². The van der Waals surface area contributed by atoms with Crippen LogP contribution in [0.15, 0.2) is 0 Å². The van der Waals surface area contributed by atoms with Gasteiger partial charge in [0.15, 0.2) is 0 Å². The summed E-state index contributed by atoms with van der Waals surface area (Å²) in [5, 5.41) is 0. The Kier molecular flexibility index (Phi) is 4.49. The third-order valence-corrected chi connectivity index (χ3v) is 0.945. The topological polar surface area (TPSA) is 9.23 Å². The SMILES string of the molecule is CC(C)OCC[CH]C(F)(F)F. The molecule has 0 aromatic rings. The van der Waals surface area contributed by atoms with E-state index in [1.165, 1.54) is 0 Å². The summed E-state index contributed by atoms with van der Waals surface area (Å²) in [5.41, 5.74) is 0. The summed E-state index contributed by atoms with van der Waals surface area (Å²) in [7, 11) is 0. The highest BCUT2D eigenvalue weighted by atomic mass is 19.4. The average molecular weight is 169 g/mol. The highest BCUT2D eigenvalue weighted by Gasteiger charge is 2.26. The van der Waals surface area contributed by atoms with E-state index in [9.17, 15) is 13.2 Å². The second kappa shape index (κ2) is 4.59. The van der Waals surface area contributed by atoms with Gasteiger partial charge in [-0.05, 0) is 20.3 Å². The Balaban J connectivity index is 3.15. The first-order chi connectivity index (χ1) is 4.92. The van der Waals surface area contributed by atoms with E-state index >= 15 is 0 Å². The lowest BCUT2D eigenvalue weighted by molar-refractivity contribution is -0.101. The molecule has 0 fully saturated rings. The first kappa shape index (κ1) is 10.8. The molecule has 0 aromatic carbocycles. The van der Waals surface area contributed by atoms with Crippen molar-refractivity contribution >= 4 is 0 Å². The Hall–Kier alpha value is -0.250. The van der Waals surface area contributed by atoms with Crippen molar-refractivity contribution in [3.63, 3.8) is 0 Å². The second-order valence-corrected chi connectivity index (χ2v) is 2.45. The summed E-state index contributed by atoms with van der Waals surface area (Å²) in [6, 6.07) is 0. The fourth-order valence-corrected chi connectivity index (χ4v) is 0.526. The van der Waals surface area contributed by atoms with E-state index in [0.29, 0.717) is 6.42 Å². The Labute approximate surface area is 64.5 Å². The molecule has 0 aliphatic heterocycles. The fourth-order valence-electron chi connectivity index (χ4n) is 0.526. The minimum Gasteiger partial charge on any atom is -0.379 e. The van der Waals surface area contributed by atoms with E-state index in [1.807, 2.05) is 0 Å². The van der Waals surface area contributed by atoms with Gasteiger partial charge in [-0.3, -0.25) is 0 Å². The lowest BCUT2D eigenvalue weighted by atomic mass is 10.3. The zero-order chi connectivity index (χ0) is 8.91. The van der Waals surface area contributed by atoms with Crippen LogP contribution < -0.4 is 0 Å². The number of alkyl halides is 3. The van der Waals surface area contributed by atoms with Crippen LogP contribution in [0.25, 0.3) is 0 Å². The van der Waals surface area contributed by atoms with Crippen molar-refractivity contribution in [1.82, 2.24) is 0 Å². The fraction of sp³-hybridized carbons (Fsp3) is 0.857. The molecule has 0 spiro atoms. The van der Waals surface area contributed by atoms with Gasteiger partial charge in [0.2, 0.25) is 0 Å². The molecule has 0 unspecified atom stereocenters. The summed E-state index contributed by atoms with van der Waals surface area (Å²) >= 11 is 0. The molecule has 0 N–H and O–H groups in total. The average Bonchev–Trinajstić information content (AvgIpc) is 1.78. The molecule has 4 heteroatoms. The zero-order valence-electron chi connectivity index (χ0n) is 6.61. The van der Waals surface area contributed by atoms with E-state index in [1.54, 1.807) is 13.8 Å². The maximum Gasteiger partial charge on any atom is 0.392 e. The molecule has 0 bridgehead atoms. The molecule has 1 nitrogen and oxygen atoms in total. The molecule has 11 heavy (non-hydrogen) atoms. The van der Waals surface area contributed by atoms with Crippen LogP contribution in [0.1, 0.15) is 20.3 Å². The van der Waals surface area contributed by atoms with Gasteiger partial charge in [-0.25, -0.2) is 0 Å². The monoisotopic (exact) mass is 169 g/mol. The van der Waals surface area contributed by atoms with Gasteiger partial charge in [-0.15, -0.1) is 0 Å². The van der Waals surface area contributed by atoms with Crippen molar-refractivity contribution in [3.8, 4) is 0 Å². The third-order valence-electron chi connectivity index (χ3n) is 0.945. The highest BCUT2D eigenvalue weighted by molar-refractivity contribution is 4.73. The second-order valence-electron chi connectivity index (χ2n) is 2.45. The summed E-state index contributed by atoms with van der Waals surface area (Å²) in [4.78, 5) is 0. The Morgan fingerprint density at radius 3 is 2.27 bits per heavy atom. The van der Waals surface area contributed by atoms with Crippen LogP contribution in [0, 0.1) is 6.42 Å². The normalized spacial score (nSPS) is 12.5. The van der Waals surface area contributed by atoms with Gasteiger partial charge in [-0.1, -0.05) is 0 Å². The van der Waals surface area contributed by atoms with Crippen LogP contribution >= 0.6 is 0 Å². The molecular weight excluding hydrogens is 157 g/mol. The smallest absolute Gasteiger partial charge is 0.379 e. The summed E-state index contributed by atoms with van der Waals surface area (Å²) in [6.45, 7) is 3.71. The van der Waals surface area contributed by atoms with Gasteiger partial charge < -0.3 is 4.74 Å². The molecule has 0 atom stereocenters. The number of halogens is 3. The van der Waals surface area contributed by atoms with Crippen molar-refractivity contribution in [2.45, 2.75) is 32.5 Å². The maximum atomic E-state index is 11.5. The van der Waals surface area contributed by atoms with E-state index in [-0.39, 0.29) is 19.1 Å². The Bertz CT molecular complexity index is 98.3. The van der Waals surface area contributed by atoms with E-state index in [0.717, 1.165) is 0 Å². The first-order valence-electron chi connectivity index (χ1n) is 3.44. The molecule has 0 aliphatic rings. The molecule has 1 radical (unpaired) electrons. The number of hydrogen-bond acceptors (Lipinski definition) is 1. The van der Waals surface area contributed by atoms with Crippen LogP contribution in [0.2, 0.25) is 0 Å². The number of ether oxygens (including phenoxy) is 1. The maximum absolute atomic E-state index is 11.5. The number of rotatable bonds is 4. The predicted molar refractivity (Wildman–Crippen MR) is 36.1 cm³/mol. The van der Waals surface area contributed by atoms with Crippen molar-refractivity contribution in [2.24, 2.45) is 0 Å². The lowest BCUT2D eigenvalue weighted by Gasteiger charge is -2.08. The van der Waals surface area contributed by atoms with Gasteiger partial charge >= 0.3 is 6.18 Å². The molecule has 0 amide bonds. The molecule has 0 aliphatic carbocycles. The minimum atomic E-state index is -4.17. The van der Waals surface area contributed by atoms with Gasteiger partial charge in [0, 0.05) is 6.61 Å². The predicted octanol–water partition coefficient (Wildman–Crippen LogP) is 2.57. The number of hydrogen-bond donors (Lipinski definition) is 0. The van der Waals surface area contributed by atoms with E-state index < -0.39 is 6.18 Å². The highest BCUT2D eigenvalue weighted by Crippen LogP contribution is 2.19. The van der Waals surface area contributed by atoms with Crippen LogP contribution in [0.3, 0.4) is 0 Å². The van der Waals surface area contributed by atoms with Crippen LogP contribution in [-0.2, 0) is 4.74 Å². The Morgan fingerprint density at radius 2 is 1.91 bits per heavy atom. The van der Waals surface area contributed by atoms with Gasteiger partial charge in [-0.2, -0.15) is 13.2 Å². The van der Waals surface area contributed by atoms with Crippen LogP contribution in [0.4, 0.5) is 13.2 Å². The molecule has 0 heterocycles. The van der Waals surface area contributed by atoms with Crippen molar-refractivity contribution < 1.29 is 17.9 Å². The van der Waals surface area contributed by atoms with E-state index in [2.05, 4.69) is 0 Å². The Morgan fingerprint density at radius 1 is 1.36 bits per heavy atom. The molecule has 0 aromatic heterocycles. The lowest BCUT2D eigenvalue weighted by Crippen LogP contribution is -2.11. The van der Waals surface area contributed by atoms with Crippen molar-refractivity contribution in [1.29, 1.82) is 0 Å². The zero-order valence-corrected chi connectivity index (χ0v) is 6.61. The third kappa shape index (κ3) is 9.75. The van der Waals surface area contributed by atoms with Crippen LogP contribution in [-0.4, -0.2) is 18.9 Å². The molecule has 0 saturated heterocycles. The van der Waals surface area contributed by atoms with Gasteiger partial charge in [0.05, 0.1) is 12.5 Å². The van der Waals surface area contributed by atoms with E-state index in [4.69, 9.17) is 4.74 Å². The van der Waals surface area contributed by atoms with Crippen LogP contribution in [0.5, 0.6) is 0 Å².